The normalized spacial score (nSPS) is 47.4. The summed E-state index contributed by atoms with van der Waals surface area (Å²) in [6.45, 7) is 3.99. The lowest BCUT2D eigenvalue weighted by atomic mass is 9.77. The highest BCUT2D eigenvalue weighted by Crippen LogP contribution is 2.47. The molecule has 1 saturated heterocycles. The maximum absolute atomic E-state index is 12.8. The highest BCUT2D eigenvalue weighted by Gasteiger charge is 2.59. The molecule has 1 heterocycles. The molecule has 5 heteroatoms. The molecule has 2 saturated carbocycles. The van der Waals surface area contributed by atoms with E-state index in [-0.39, 0.29) is 29.2 Å². The quantitative estimate of drug-likeness (QED) is 0.799. The molecular weight excluding hydrogens is 262 g/mol. The lowest BCUT2D eigenvalue weighted by molar-refractivity contribution is -0.00423. The molecule has 5 unspecified atom stereocenters. The number of aliphatic hydroxyl groups excluding tert-OH is 1. The molecule has 3 fully saturated rings. The molecule has 19 heavy (non-hydrogen) atoms. The van der Waals surface area contributed by atoms with Crippen LogP contribution in [0.5, 0.6) is 0 Å². The summed E-state index contributed by atoms with van der Waals surface area (Å²) in [6.07, 6.45) is 5.51. The Kier molecular flexibility index (Phi) is 3.43. The van der Waals surface area contributed by atoms with Crippen molar-refractivity contribution in [2.45, 2.75) is 75.8 Å². The van der Waals surface area contributed by atoms with Crippen LogP contribution in [0.1, 0.15) is 52.4 Å². The van der Waals surface area contributed by atoms with E-state index < -0.39 is 16.1 Å². The van der Waals surface area contributed by atoms with Crippen LogP contribution in [0.3, 0.4) is 0 Å². The first kappa shape index (κ1) is 13.8. The van der Waals surface area contributed by atoms with Crippen LogP contribution < -0.4 is 0 Å². The Hall–Kier alpha value is -0.130. The summed E-state index contributed by atoms with van der Waals surface area (Å²) in [4.78, 5) is 0. The predicted octanol–water partition coefficient (Wildman–Crippen LogP) is 1.74. The van der Waals surface area contributed by atoms with E-state index in [9.17, 15) is 13.5 Å². The van der Waals surface area contributed by atoms with Crippen LogP contribution in [-0.2, 0) is 10.0 Å². The second-order valence-electron chi connectivity index (χ2n) is 6.76. The maximum atomic E-state index is 12.8. The van der Waals surface area contributed by atoms with Gasteiger partial charge in [0.1, 0.15) is 0 Å². The minimum Gasteiger partial charge on any atom is -0.391 e. The number of sulfonamides is 1. The molecule has 0 aromatic rings. The van der Waals surface area contributed by atoms with Crippen LogP contribution >= 0.6 is 0 Å². The minimum absolute atomic E-state index is 0.0677. The molecule has 0 radical (unpaired) electrons. The van der Waals surface area contributed by atoms with Crippen molar-refractivity contribution in [2.75, 3.05) is 0 Å². The van der Waals surface area contributed by atoms with Crippen molar-refractivity contribution in [1.29, 1.82) is 0 Å². The van der Waals surface area contributed by atoms with Crippen molar-refractivity contribution in [3.8, 4) is 0 Å². The first-order valence-corrected chi connectivity index (χ1v) is 9.15. The standard InChI is InChI=1S/C14H25NO3S/c1-9-8-12-10(2)13(14(9)16)15(19(12,17)18)11-6-4-3-5-7-11/h9-14,16H,3-8H2,1-2H3. The Balaban J connectivity index is 1.97. The Morgan fingerprint density at radius 2 is 1.74 bits per heavy atom. The average molecular weight is 287 g/mol. The van der Waals surface area contributed by atoms with Gasteiger partial charge in [0.2, 0.25) is 10.0 Å². The van der Waals surface area contributed by atoms with Crippen LogP contribution in [0.2, 0.25) is 0 Å². The second kappa shape index (κ2) is 4.71. The summed E-state index contributed by atoms with van der Waals surface area (Å²) in [6, 6.07) is -0.0435. The monoisotopic (exact) mass is 287 g/mol. The highest BCUT2D eigenvalue weighted by molar-refractivity contribution is 7.90. The topological polar surface area (TPSA) is 57.6 Å². The van der Waals surface area contributed by atoms with E-state index in [0.29, 0.717) is 6.42 Å². The summed E-state index contributed by atoms with van der Waals surface area (Å²) in [5.41, 5.74) is 0. The Bertz CT molecular complexity index is 444. The third kappa shape index (κ3) is 1.96. The lowest BCUT2D eigenvalue weighted by Crippen LogP contribution is -2.51. The van der Waals surface area contributed by atoms with Crippen LogP contribution in [0, 0.1) is 11.8 Å². The Labute approximate surface area is 116 Å². The summed E-state index contributed by atoms with van der Waals surface area (Å²) in [7, 11) is -3.21. The van der Waals surface area contributed by atoms with Gasteiger partial charge in [-0.3, -0.25) is 0 Å². The maximum Gasteiger partial charge on any atom is 0.217 e. The number of hydrogen-bond acceptors (Lipinski definition) is 3. The fourth-order valence-corrected chi connectivity index (χ4v) is 7.32. The van der Waals surface area contributed by atoms with Crippen LogP contribution in [0.15, 0.2) is 0 Å². The molecular formula is C14H25NO3S. The van der Waals surface area contributed by atoms with E-state index in [1.54, 1.807) is 4.31 Å². The van der Waals surface area contributed by atoms with Crippen LogP contribution in [0.25, 0.3) is 0 Å². The van der Waals surface area contributed by atoms with Gasteiger partial charge in [0.05, 0.1) is 17.4 Å². The molecule has 3 aliphatic rings. The molecule has 0 aromatic carbocycles. The van der Waals surface area contributed by atoms with Crippen molar-refractivity contribution >= 4 is 10.0 Å². The second-order valence-corrected chi connectivity index (χ2v) is 8.82. The first-order valence-electron chi connectivity index (χ1n) is 7.65. The van der Waals surface area contributed by atoms with Gasteiger partial charge >= 0.3 is 0 Å². The number of aliphatic hydroxyl groups is 1. The molecule has 0 amide bonds. The van der Waals surface area contributed by atoms with E-state index in [1.165, 1.54) is 6.42 Å². The van der Waals surface area contributed by atoms with Crippen molar-refractivity contribution in [1.82, 2.24) is 4.31 Å². The zero-order valence-electron chi connectivity index (χ0n) is 11.8. The Morgan fingerprint density at radius 3 is 2.37 bits per heavy atom. The number of fused-ring (bicyclic) bond motifs is 2. The number of hydrogen-bond donors (Lipinski definition) is 1. The SMILES string of the molecule is CC1CC2C(C)C(C1O)N(C1CCCCC1)S2(=O)=O. The van der Waals surface area contributed by atoms with Gasteiger partial charge in [0.25, 0.3) is 0 Å². The van der Waals surface area contributed by atoms with E-state index in [2.05, 4.69) is 0 Å². The molecule has 1 N–H and O–H groups in total. The lowest BCUT2D eigenvalue weighted by Gasteiger charge is -2.39. The number of nitrogens with zero attached hydrogens (tertiary/aromatic N) is 1. The fourth-order valence-electron chi connectivity index (χ4n) is 4.48. The van der Waals surface area contributed by atoms with E-state index in [4.69, 9.17) is 0 Å². The average Bonchev–Trinajstić information content (AvgIpc) is 2.53. The molecule has 1 aliphatic heterocycles. The van der Waals surface area contributed by atoms with Crippen molar-refractivity contribution in [2.24, 2.45) is 11.8 Å². The molecule has 110 valence electrons. The molecule has 0 spiro atoms. The van der Waals surface area contributed by atoms with Gasteiger partial charge in [-0.15, -0.1) is 0 Å². The van der Waals surface area contributed by atoms with Gasteiger partial charge in [-0.2, -0.15) is 4.31 Å². The summed E-state index contributed by atoms with van der Waals surface area (Å²) >= 11 is 0. The van der Waals surface area contributed by atoms with Crippen LogP contribution in [-0.4, -0.2) is 41.3 Å². The van der Waals surface area contributed by atoms with E-state index in [0.717, 1.165) is 25.7 Å². The van der Waals surface area contributed by atoms with E-state index in [1.807, 2.05) is 13.8 Å². The summed E-state index contributed by atoms with van der Waals surface area (Å²) in [5, 5.41) is 10.2. The minimum atomic E-state index is -3.21. The summed E-state index contributed by atoms with van der Waals surface area (Å²) in [5.74, 6) is 0.160. The fraction of sp³-hybridized carbons (Fsp3) is 1.00. The molecule has 2 bridgehead atoms. The predicted molar refractivity (Wildman–Crippen MR) is 74.2 cm³/mol. The molecule has 5 atom stereocenters. The van der Waals surface area contributed by atoms with Gasteiger partial charge in [-0.1, -0.05) is 33.1 Å². The van der Waals surface area contributed by atoms with Crippen molar-refractivity contribution < 1.29 is 13.5 Å². The van der Waals surface area contributed by atoms with Gasteiger partial charge in [-0.05, 0) is 31.1 Å². The van der Waals surface area contributed by atoms with E-state index >= 15 is 0 Å². The van der Waals surface area contributed by atoms with Gasteiger partial charge < -0.3 is 5.11 Å². The zero-order valence-corrected chi connectivity index (χ0v) is 12.6. The van der Waals surface area contributed by atoms with Gasteiger partial charge in [0, 0.05) is 6.04 Å². The smallest absolute Gasteiger partial charge is 0.217 e. The van der Waals surface area contributed by atoms with Crippen molar-refractivity contribution in [3.63, 3.8) is 0 Å². The van der Waals surface area contributed by atoms with Gasteiger partial charge in [0.15, 0.2) is 0 Å². The highest BCUT2D eigenvalue weighted by atomic mass is 32.2. The molecule has 3 rings (SSSR count). The molecule has 4 nitrogen and oxygen atoms in total. The Morgan fingerprint density at radius 1 is 1.11 bits per heavy atom. The van der Waals surface area contributed by atoms with Crippen molar-refractivity contribution in [3.05, 3.63) is 0 Å². The first-order chi connectivity index (χ1) is 8.94. The number of rotatable bonds is 1. The molecule has 2 aliphatic carbocycles. The van der Waals surface area contributed by atoms with Crippen LogP contribution in [0.4, 0.5) is 0 Å². The third-order valence-corrected chi connectivity index (χ3v) is 8.08. The third-order valence-electron chi connectivity index (χ3n) is 5.57. The zero-order chi connectivity index (χ0) is 13.8. The van der Waals surface area contributed by atoms with Gasteiger partial charge in [-0.25, -0.2) is 8.42 Å². The summed E-state index contributed by atoms with van der Waals surface area (Å²) < 4.78 is 27.3. The molecule has 0 aromatic heterocycles. The largest absolute Gasteiger partial charge is 0.391 e.